The van der Waals surface area contributed by atoms with E-state index in [1.807, 2.05) is 13.1 Å². The molecule has 0 aliphatic carbocycles. The second-order valence-electron chi connectivity index (χ2n) is 8.19. The fourth-order valence-corrected chi connectivity index (χ4v) is 3.44. The number of methoxy groups -OCH3 is 1. The van der Waals surface area contributed by atoms with Gasteiger partial charge in [-0.15, -0.1) is 0 Å². The van der Waals surface area contributed by atoms with Crippen molar-refractivity contribution in [3.63, 3.8) is 0 Å². The molecular weight excluding hydrogens is 375 g/mol. The molecule has 154 valence electrons. The standard InChI is InChI=1S/C19H30F3NO3Si/c1-14(13-26-27(6,7)17(2,3)4)23-16(24)18(25-5,19(20,21)22)15-11-9-8-10-12-15/h8-12,14H,13H2,1-7H3,(H,23,24)/t14-,18+/m0/s1. The predicted molar refractivity (Wildman–Crippen MR) is 102 cm³/mol. The minimum absolute atomic E-state index is 0.0387. The van der Waals surface area contributed by atoms with Crippen molar-refractivity contribution in [1.29, 1.82) is 0 Å². The van der Waals surface area contributed by atoms with Crippen molar-refractivity contribution < 1.29 is 27.1 Å². The van der Waals surface area contributed by atoms with Gasteiger partial charge in [0.05, 0.1) is 6.61 Å². The van der Waals surface area contributed by atoms with Crippen molar-refractivity contribution in [2.75, 3.05) is 13.7 Å². The van der Waals surface area contributed by atoms with E-state index in [9.17, 15) is 18.0 Å². The van der Waals surface area contributed by atoms with Crippen molar-refractivity contribution in [2.45, 2.75) is 63.6 Å². The molecule has 4 nitrogen and oxygen atoms in total. The van der Waals surface area contributed by atoms with E-state index >= 15 is 0 Å². The third-order valence-electron chi connectivity index (χ3n) is 5.08. The third-order valence-corrected chi connectivity index (χ3v) is 9.58. The zero-order valence-corrected chi connectivity index (χ0v) is 18.0. The molecule has 1 N–H and O–H groups in total. The van der Waals surface area contributed by atoms with Crippen molar-refractivity contribution in [3.05, 3.63) is 35.9 Å². The first-order valence-corrected chi connectivity index (χ1v) is 11.7. The zero-order chi connectivity index (χ0) is 21.1. The van der Waals surface area contributed by atoms with Gasteiger partial charge < -0.3 is 14.5 Å². The van der Waals surface area contributed by atoms with E-state index in [1.54, 1.807) is 13.0 Å². The van der Waals surface area contributed by atoms with Crippen LogP contribution in [0.25, 0.3) is 0 Å². The number of halogens is 3. The highest BCUT2D eigenvalue weighted by molar-refractivity contribution is 6.74. The normalized spacial score (nSPS) is 16.5. The molecule has 1 rings (SSSR count). The molecule has 8 heteroatoms. The van der Waals surface area contributed by atoms with E-state index in [-0.39, 0.29) is 17.2 Å². The number of hydrogen-bond donors (Lipinski definition) is 1. The van der Waals surface area contributed by atoms with E-state index in [0.717, 1.165) is 7.11 Å². The summed E-state index contributed by atoms with van der Waals surface area (Å²) in [6, 6.07) is 6.31. The molecule has 0 aliphatic heterocycles. The van der Waals surface area contributed by atoms with Gasteiger partial charge in [-0.05, 0) is 25.1 Å². The number of carbonyl (C=O) groups is 1. The Labute approximate surface area is 160 Å². The Morgan fingerprint density at radius 2 is 1.67 bits per heavy atom. The van der Waals surface area contributed by atoms with Crippen LogP contribution in [0.4, 0.5) is 13.2 Å². The molecule has 0 fully saturated rings. The van der Waals surface area contributed by atoms with Crippen molar-refractivity contribution in [3.8, 4) is 0 Å². The molecule has 0 saturated carbocycles. The molecule has 0 bridgehead atoms. The van der Waals surface area contributed by atoms with Gasteiger partial charge in [0.1, 0.15) is 0 Å². The van der Waals surface area contributed by atoms with Crippen LogP contribution >= 0.6 is 0 Å². The maximum atomic E-state index is 13.9. The zero-order valence-electron chi connectivity index (χ0n) is 17.0. The summed E-state index contributed by atoms with van der Waals surface area (Å²) >= 11 is 0. The molecule has 0 spiro atoms. The summed E-state index contributed by atoms with van der Waals surface area (Å²) in [6.07, 6.45) is -4.92. The molecule has 27 heavy (non-hydrogen) atoms. The van der Waals surface area contributed by atoms with Crippen LogP contribution in [-0.2, 0) is 19.6 Å². The lowest BCUT2D eigenvalue weighted by Crippen LogP contribution is -2.58. The molecule has 1 aromatic carbocycles. The number of rotatable bonds is 7. The van der Waals surface area contributed by atoms with Gasteiger partial charge >= 0.3 is 6.18 Å². The lowest BCUT2D eigenvalue weighted by Gasteiger charge is -2.38. The van der Waals surface area contributed by atoms with Gasteiger partial charge in [-0.3, -0.25) is 4.79 Å². The maximum absolute atomic E-state index is 13.9. The Balaban J connectivity index is 3.02. The first-order valence-electron chi connectivity index (χ1n) is 8.81. The summed E-state index contributed by atoms with van der Waals surface area (Å²) in [4.78, 5) is 12.7. The first-order chi connectivity index (χ1) is 12.2. The topological polar surface area (TPSA) is 47.6 Å². The molecule has 0 saturated heterocycles. The molecule has 0 unspecified atom stereocenters. The quantitative estimate of drug-likeness (QED) is 0.674. The Morgan fingerprint density at radius 1 is 1.15 bits per heavy atom. The van der Waals surface area contributed by atoms with Crippen LogP contribution in [0.2, 0.25) is 18.1 Å². The van der Waals surface area contributed by atoms with E-state index in [0.29, 0.717) is 0 Å². The van der Waals surface area contributed by atoms with Gasteiger partial charge in [0.2, 0.25) is 0 Å². The average molecular weight is 406 g/mol. The Bertz CT molecular complexity index is 629. The Kier molecular flexibility index (Phi) is 7.29. The minimum Gasteiger partial charge on any atom is -0.415 e. The van der Waals surface area contributed by atoms with Gasteiger partial charge in [0, 0.05) is 18.7 Å². The summed E-state index contributed by atoms with van der Waals surface area (Å²) in [6.45, 7) is 12.0. The molecule has 2 atom stereocenters. The van der Waals surface area contributed by atoms with Crippen molar-refractivity contribution in [1.82, 2.24) is 5.32 Å². The molecule has 1 aromatic rings. The number of ether oxygens (including phenoxy) is 1. The van der Waals surface area contributed by atoms with Gasteiger partial charge in [0.15, 0.2) is 8.32 Å². The minimum atomic E-state index is -4.92. The van der Waals surface area contributed by atoms with Gasteiger partial charge in [0.25, 0.3) is 11.5 Å². The van der Waals surface area contributed by atoms with Crippen LogP contribution in [0.1, 0.15) is 33.3 Å². The number of nitrogens with one attached hydrogen (secondary N) is 1. The SMILES string of the molecule is CO[C@@](C(=O)N[C@@H](C)CO[Si](C)(C)C(C)(C)C)(c1ccccc1)C(F)(F)F. The molecule has 0 aromatic heterocycles. The highest BCUT2D eigenvalue weighted by Crippen LogP contribution is 2.42. The first kappa shape index (κ1) is 23.7. The number of hydrogen-bond acceptors (Lipinski definition) is 3. The van der Waals surface area contributed by atoms with Crippen molar-refractivity contribution in [2.24, 2.45) is 0 Å². The molecule has 0 radical (unpaired) electrons. The highest BCUT2D eigenvalue weighted by Gasteiger charge is 2.62. The fraction of sp³-hybridized carbons (Fsp3) is 0.632. The van der Waals surface area contributed by atoms with Gasteiger partial charge in [-0.2, -0.15) is 13.2 Å². The molecule has 0 heterocycles. The van der Waals surface area contributed by atoms with Crippen LogP contribution in [0.5, 0.6) is 0 Å². The molecular formula is C19H30F3NO3Si. The summed E-state index contributed by atoms with van der Waals surface area (Å²) in [5.41, 5.74) is -3.34. The molecule has 1 amide bonds. The van der Waals surface area contributed by atoms with Crippen LogP contribution < -0.4 is 5.32 Å². The summed E-state index contributed by atoms with van der Waals surface area (Å²) < 4.78 is 52.4. The van der Waals surface area contributed by atoms with E-state index < -0.39 is 32.0 Å². The largest absolute Gasteiger partial charge is 0.430 e. The second kappa shape index (κ2) is 8.32. The Morgan fingerprint density at radius 3 is 2.07 bits per heavy atom. The number of amides is 1. The Hall–Kier alpha value is -1.38. The average Bonchev–Trinajstić information content (AvgIpc) is 2.53. The fourth-order valence-electron chi connectivity index (χ4n) is 2.34. The van der Waals surface area contributed by atoms with Crippen LogP contribution in [0, 0.1) is 0 Å². The smallest absolute Gasteiger partial charge is 0.415 e. The van der Waals surface area contributed by atoms with Crippen LogP contribution in [0.3, 0.4) is 0 Å². The molecule has 0 aliphatic rings. The van der Waals surface area contributed by atoms with Gasteiger partial charge in [-0.1, -0.05) is 51.1 Å². The monoisotopic (exact) mass is 405 g/mol. The second-order valence-corrected chi connectivity index (χ2v) is 13.0. The number of carbonyl (C=O) groups excluding carboxylic acids is 1. The van der Waals surface area contributed by atoms with Crippen molar-refractivity contribution >= 4 is 14.2 Å². The maximum Gasteiger partial charge on any atom is 0.430 e. The van der Waals surface area contributed by atoms with E-state index in [4.69, 9.17) is 9.16 Å². The lowest BCUT2D eigenvalue weighted by molar-refractivity contribution is -0.266. The lowest BCUT2D eigenvalue weighted by atomic mass is 9.91. The number of alkyl halides is 3. The number of benzene rings is 1. The van der Waals surface area contributed by atoms with Gasteiger partial charge in [-0.25, -0.2) is 0 Å². The summed E-state index contributed by atoms with van der Waals surface area (Å²) in [5.74, 6) is -1.25. The van der Waals surface area contributed by atoms with Crippen LogP contribution in [-0.4, -0.2) is 40.2 Å². The predicted octanol–water partition coefficient (Wildman–Crippen LogP) is 4.62. The highest BCUT2D eigenvalue weighted by atomic mass is 28.4. The van der Waals surface area contributed by atoms with E-state index in [1.165, 1.54) is 24.3 Å². The van der Waals surface area contributed by atoms with Crippen LogP contribution in [0.15, 0.2) is 30.3 Å². The summed E-state index contributed by atoms with van der Waals surface area (Å²) in [7, 11) is -1.19. The summed E-state index contributed by atoms with van der Waals surface area (Å²) in [5, 5.41) is 2.38. The van der Waals surface area contributed by atoms with E-state index in [2.05, 4.69) is 26.1 Å². The third kappa shape index (κ3) is 5.11.